The van der Waals surface area contributed by atoms with Crippen LogP contribution in [-0.4, -0.2) is 21.5 Å². The van der Waals surface area contributed by atoms with Gasteiger partial charge in [0.05, 0.1) is 17.6 Å². The summed E-state index contributed by atoms with van der Waals surface area (Å²) in [6.07, 6.45) is 1.64. The van der Waals surface area contributed by atoms with E-state index in [1.807, 2.05) is 25.5 Å². The Bertz CT molecular complexity index is 291. The summed E-state index contributed by atoms with van der Waals surface area (Å²) in [6, 6.07) is 0. The quantitative estimate of drug-likeness (QED) is 0.728. The Morgan fingerprint density at radius 1 is 1.62 bits per heavy atom. The molecule has 1 heterocycles. The minimum atomic E-state index is -0.150. The Morgan fingerprint density at radius 2 is 2.23 bits per heavy atom. The Balaban J connectivity index is 2.80. The molecule has 0 amide bonds. The predicted octanol–water partition coefficient (Wildman–Crippen LogP) is 0.792. The predicted molar refractivity (Wildman–Crippen MR) is 52.2 cm³/mol. The van der Waals surface area contributed by atoms with E-state index < -0.39 is 0 Å². The van der Waals surface area contributed by atoms with Crippen molar-refractivity contribution in [3.63, 3.8) is 0 Å². The zero-order chi connectivity index (χ0) is 10.1. The van der Waals surface area contributed by atoms with Crippen molar-refractivity contribution < 1.29 is 5.11 Å². The van der Waals surface area contributed by atoms with Crippen molar-refractivity contribution in [3.8, 4) is 0 Å². The second-order valence-corrected chi connectivity index (χ2v) is 4.17. The summed E-state index contributed by atoms with van der Waals surface area (Å²) in [6.45, 7) is 6.74. The fraction of sp³-hybridized carbons (Fsp3) is 0.667. The first-order chi connectivity index (χ1) is 5.96. The highest BCUT2D eigenvalue weighted by atomic mass is 16.3. The molecule has 0 aliphatic carbocycles. The smallest absolute Gasteiger partial charge is 0.0730 e. The standard InChI is InChI=1S/C9H17N3O/c1-7-8(10)4-11-12(7)5-9(2,3)6-13/h4,13H,5-6,10H2,1-3H3. The van der Waals surface area contributed by atoms with Gasteiger partial charge < -0.3 is 10.8 Å². The minimum absolute atomic E-state index is 0.145. The molecule has 0 bridgehead atoms. The van der Waals surface area contributed by atoms with Gasteiger partial charge in [0.2, 0.25) is 0 Å². The molecule has 0 atom stereocenters. The van der Waals surface area contributed by atoms with Gasteiger partial charge >= 0.3 is 0 Å². The number of rotatable bonds is 3. The van der Waals surface area contributed by atoms with Gasteiger partial charge in [0.15, 0.2) is 0 Å². The summed E-state index contributed by atoms with van der Waals surface area (Å²) < 4.78 is 1.82. The second-order valence-electron chi connectivity index (χ2n) is 4.17. The van der Waals surface area contributed by atoms with Crippen LogP contribution in [0.2, 0.25) is 0 Å². The molecule has 0 aromatic carbocycles. The highest BCUT2D eigenvalue weighted by molar-refractivity contribution is 5.39. The van der Waals surface area contributed by atoms with E-state index in [0.29, 0.717) is 12.2 Å². The lowest BCUT2D eigenvalue weighted by molar-refractivity contribution is 0.136. The van der Waals surface area contributed by atoms with Crippen molar-refractivity contribution in [3.05, 3.63) is 11.9 Å². The van der Waals surface area contributed by atoms with Crippen LogP contribution in [0.15, 0.2) is 6.20 Å². The largest absolute Gasteiger partial charge is 0.396 e. The summed E-state index contributed by atoms with van der Waals surface area (Å²) in [5.41, 5.74) is 7.17. The number of aromatic nitrogens is 2. The van der Waals surface area contributed by atoms with Crippen LogP contribution in [0, 0.1) is 12.3 Å². The third-order valence-electron chi connectivity index (χ3n) is 2.15. The molecule has 4 nitrogen and oxygen atoms in total. The van der Waals surface area contributed by atoms with Crippen molar-refractivity contribution in [1.29, 1.82) is 0 Å². The maximum Gasteiger partial charge on any atom is 0.0730 e. The van der Waals surface area contributed by atoms with Crippen molar-refractivity contribution in [2.75, 3.05) is 12.3 Å². The van der Waals surface area contributed by atoms with E-state index in [-0.39, 0.29) is 12.0 Å². The number of nitrogens with zero attached hydrogens (tertiary/aromatic N) is 2. The normalized spacial score (nSPS) is 12.0. The second kappa shape index (κ2) is 3.38. The van der Waals surface area contributed by atoms with E-state index in [4.69, 9.17) is 10.8 Å². The van der Waals surface area contributed by atoms with E-state index in [2.05, 4.69) is 5.10 Å². The van der Waals surface area contributed by atoms with Gasteiger partial charge in [-0.3, -0.25) is 4.68 Å². The number of aliphatic hydroxyl groups excluding tert-OH is 1. The molecule has 3 N–H and O–H groups in total. The lowest BCUT2D eigenvalue weighted by Gasteiger charge is -2.22. The molecule has 0 radical (unpaired) electrons. The molecule has 1 aromatic heterocycles. The van der Waals surface area contributed by atoms with Gasteiger partial charge in [0.25, 0.3) is 0 Å². The van der Waals surface area contributed by atoms with Crippen LogP contribution in [0.4, 0.5) is 5.69 Å². The maximum absolute atomic E-state index is 9.08. The van der Waals surface area contributed by atoms with Gasteiger partial charge in [0.1, 0.15) is 0 Å². The van der Waals surface area contributed by atoms with E-state index in [0.717, 1.165) is 5.69 Å². The average molecular weight is 183 g/mol. The minimum Gasteiger partial charge on any atom is -0.396 e. The van der Waals surface area contributed by atoms with Crippen LogP contribution in [-0.2, 0) is 6.54 Å². The molecular formula is C9H17N3O. The van der Waals surface area contributed by atoms with E-state index in [1.165, 1.54) is 0 Å². The molecule has 1 aromatic rings. The number of nitrogen functional groups attached to an aromatic ring is 1. The summed E-state index contributed by atoms with van der Waals surface area (Å²) in [5, 5.41) is 13.2. The van der Waals surface area contributed by atoms with Crippen LogP contribution in [0.1, 0.15) is 19.5 Å². The van der Waals surface area contributed by atoms with Crippen molar-refractivity contribution in [2.45, 2.75) is 27.3 Å². The maximum atomic E-state index is 9.08. The Labute approximate surface area is 78.4 Å². The first kappa shape index (κ1) is 10.1. The van der Waals surface area contributed by atoms with E-state index in [1.54, 1.807) is 6.20 Å². The highest BCUT2D eigenvalue weighted by Crippen LogP contribution is 2.19. The van der Waals surface area contributed by atoms with Crippen LogP contribution >= 0.6 is 0 Å². The zero-order valence-corrected chi connectivity index (χ0v) is 8.41. The third kappa shape index (κ3) is 2.21. The fourth-order valence-electron chi connectivity index (χ4n) is 1.08. The molecule has 0 saturated carbocycles. The Kier molecular flexibility index (Phi) is 2.61. The third-order valence-corrected chi connectivity index (χ3v) is 2.15. The van der Waals surface area contributed by atoms with E-state index in [9.17, 15) is 0 Å². The first-order valence-electron chi connectivity index (χ1n) is 4.35. The molecule has 74 valence electrons. The monoisotopic (exact) mass is 183 g/mol. The molecule has 1 rings (SSSR count). The average Bonchev–Trinajstić information content (AvgIpc) is 2.36. The molecule has 4 heteroatoms. The number of aliphatic hydroxyl groups is 1. The summed E-state index contributed by atoms with van der Waals surface area (Å²) in [7, 11) is 0. The van der Waals surface area contributed by atoms with Gasteiger partial charge in [-0.1, -0.05) is 13.8 Å². The Hall–Kier alpha value is -1.03. The lowest BCUT2D eigenvalue weighted by atomic mass is 9.95. The van der Waals surface area contributed by atoms with Gasteiger partial charge in [0, 0.05) is 18.6 Å². The van der Waals surface area contributed by atoms with Crippen LogP contribution in [0.25, 0.3) is 0 Å². The van der Waals surface area contributed by atoms with Gasteiger partial charge in [-0.05, 0) is 6.92 Å². The summed E-state index contributed by atoms with van der Waals surface area (Å²) in [4.78, 5) is 0. The fourth-order valence-corrected chi connectivity index (χ4v) is 1.08. The SMILES string of the molecule is Cc1c(N)cnn1CC(C)(C)CO. The van der Waals surface area contributed by atoms with Crippen LogP contribution < -0.4 is 5.73 Å². The summed E-state index contributed by atoms with van der Waals surface area (Å²) in [5.74, 6) is 0. The van der Waals surface area contributed by atoms with Gasteiger partial charge in [-0.2, -0.15) is 5.10 Å². The van der Waals surface area contributed by atoms with Gasteiger partial charge in [-0.15, -0.1) is 0 Å². The van der Waals surface area contributed by atoms with Crippen LogP contribution in [0.3, 0.4) is 0 Å². The van der Waals surface area contributed by atoms with Crippen molar-refractivity contribution in [1.82, 2.24) is 9.78 Å². The summed E-state index contributed by atoms with van der Waals surface area (Å²) >= 11 is 0. The molecule has 13 heavy (non-hydrogen) atoms. The van der Waals surface area contributed by atoms with E-state index >= 15 is 0 Å². The highest BCUT2D eigenvalue weighted by Gasteiger charge is 2.18. The molecule has 0 aliphatic heterocycles. The molecule has 0 saturated heterocycles. The topological polar surface area (TPSA) is 64.1 Å². The lowest BCUT2D eigenvalue weighted by Crippen LogP contribution is -2.25. The number of anilines is 1. The van der Waals surface area contributed by atoms with Crippen LogP contribution in [0.5, 0.6) is 0 Å². The van der Waals surface area contributed by atoms with Crippen molar-refractivity contribution in [2.24, 2.45) is 5.41 Å². The molecular weight excluding hydrogens is 166 g/mol. The number of hydrogen-bond acceptors (Lipinski definition) is 3. The van der Waals surface area contributed by atoms with Gasteiger partial charge in [-0.25, -0.2) is 0 Å². The first-order valence-corrected chi connectivity index (χ1v) is 4.35. The zero-order valence-electron chi connectivity index (χ0n) is 8.41. The molecule has 0 spiro atoms. The Morgan fingerprint density at radius 3 is 2.62 bits per heavy atom. The molecule has 0 fully saturated rings. The van der Waals surface area contributed by atoms with Crippen molar-refractivity contribution >= 4 is 5.69 Å². The number of hydrogen-bond donors (Lipinski definition) is 2. The molecule has 0 aliphatic rings. The number of nitrogens with two attached hydrogens (primary N) is 1. The molecule has 0 unspecified atom stereocenters.